The highest BCUT2D eigenvalue weighted by Gasteiger charge is 2.40. The van der Waals surface area contributed by atoms with Crippen LogP contribution in [0.25, 0.3) is 0 Å². The number of halogens is 1. The molecule has 0 unspecified atom stereocenters. The van der Waals surface area contributed by atoms with E-state index in [1.165, 1.54) is 31.6 Å². The van der Waals surface area contributed by atoms with Gasteiger partial charge in [0.25, 0.3) is 0 Å². The maximum Gasteiger partial charge on any atom is 0.193 e. The summed E-state index contributed by atoms with van der Waals surface area (Å²) in [5.74, 6) is 1.95. The van der Waals surface area contributed by atoms with Crippen LogP contribution in [0.15, 0.2) is 29.3 Å². The average molecular weight is 543 g/mol. The number of piperazine rings is 1. The lowest BCUT2D eigenvalue weighted by Gasteiger charge is -2.45. The van der Waals surface area contributed by atoms with Gasteiger partial charge in [0.1, 0.15) is 5.75 Å². The SMILES string of the molecule is CN=C(NCC1(N2CCCC2)CCOCC1)N1CCN(c2cccc(OC)c2)CC1.I. The highest BCUT2D eigenvalue weighted by atomic mass is 127. The van der Waals surface area contributed by atoms with Gasteiger partial charge in [-0.05, 0) is 50.9 Å². The highest BCUT2D eigenvalue weighted by molar-refractivity contribution is 14.0. The first-order valence-electron chi connectivity index (χ1n) is 11.4. The van der Waals surface area contributed by atoms with Crippen LogP contribution in [0.2, 0.25) is 0 Å². The topological polar surface area (TPSA) is 52.6 Å². The molecule has 0 amide bonds. The Labute approximate surface area is 204 Å². The van der Waals surface area contributed by atoms with Crippen LogP contribution in [0.3, 0.4) is 0 Å². The molecule has 174 valence electrons. The van der Waals surface area contributed by atoms with Crippen molar-refractivity contribution in [3.63, 3.8) is 0 Å². The van der Waals surface area contributed by atoms with Crippen molar-refractivity contribution >= 4 is 35.6 Å². The summed E-state index contributed by atoms with van der Waals surface area (Å²) in [6.07, 6.45) is 4.87. The molecule has 3 fully saturated rings. The molecule has 8 heteroatoms. The highest BCUT2D eigenvalue weighted by Crippen LogP contribution is 2.31. The summed E-state index contributed by atoms with van der Waals surface area (Å²) >= 11 is 0. The number of nitrogens with zero attached hydrogens (tertiary/aromatic N) is 4. The minimum Gasteiger partial charge on any atom is -0.497 e. The first-order valence-corrected chi connectivity index (χ1v) is 11.4. The number of anilines is 1. The summed E-state index contributed by atoms with van der Waals surface area (Å²) < 4.78 is 11.1. The summed E-state index contributed by atoms with van der Waals surface area (Å²) in [5.41, 5.74) is 1.44. The molecule has 4 rings (SSSR count). The van der Waals surface area contributed by atoms with Crippen molar-refractivity contribution in [2.24, 2.45) is 4.99 Å². The van der Waals surface area contributed by atoms with Gasteiger partial charge in [-0.3, -0.25) is 9.89 Å². The summed E-state index contributed by atoms with van der Waals surface area (Å²) in [4.78, 5) is 12.2. The molecule has 0 saturated carbocycles. The number of hydrogen-bond acceptors (Lipinski definition) is 5. The standard InChI is InChI=1S/C23H37N5O2.HI/c1-24-22(25-19-23(8-16-30-17-9-23)28-10-3-4-11-28)27-14-12-26(13-15-27)20-6-5-7-21(18-20)29-2;/h5-7,18H,3-4,8-17,19H2,1-2H3,(H,24,25);1H. The molecular weight excluding hydrogens is 505 g/mol. The zero-order chi connectivity index (χ0) is 20.8. The molecular formula is C23H38IN5O2. The Kier molecular flexibility index (Phi) is 9.09. The van der Waals surface area contributed by atoms with Gasteiger partial charge in [0.05, 0.1) is 7.11 Å². The minimum atomic E-state index is 0. The molecule has 1 aromatic rings. The van der Waals surface area contributed by atoms with E-state index in [-0.39, 0.29) is 29.5 Å². The van der Waals surface area contributed by atoms with Gasteiger partial charge in [0.15, 0.2) is 5.96 Å². The Bertz CT molecular complexity index is 712. The van der Waals surface area contributed by atoms with E-state index in [9.17, 15) is 0 Å². The van der Waals surface area contributed by atoms with E-state index < -0.39 is 0 Å². The van der Waals surface area contributed by atoms with Crippen molar-refractivity contribution in [2.45, 2.75) is 31.2 Å². The molecule has 3 saturated heterocycles. The second-order valence-corrected chi connectivity index (χ2v) is 8.61. The van der Waals surface area contributed by atoms with Gasteiger partial charge in [0, 0.05) is 70.3 Å². The fourth-order valence-electron chi connectivity index (χ4n) is 5.11. The number of nitrogens with one attached hydrogen (secondary N) is 1. The van der Waals surface area contributed by atoms with Crippen LogP contribution in [0, 0.1) is 0 Å². The van der Waals surface area contributed by atoms with E-state index in [1.54, 1.807) is 7.11 Å². The van der Waals surface area contributed by atoms with Crippen molar-refractivity contribution in [3.8, 4) is 5.75 Å². The van der Waals surface area contributed by atoms with Crippen LogP contribution in [-0.2, 0) is 4.74 Å². The van der Waals surface area contributed by atoms with Crippen molar-refractivity contribution < 1.29 is 9.47 Å². The van der Waals surface area contributed by atoms with Crippen molar-refractivity contribution in [2.75, 3.05) is 78.1 Å². The molecule has 0 spiro atoms. The third-order valence-electron chi connectivity index (χ3n) is 6.99. The monoisotopic (exact) mass is 543 g/mol. The molecule has 1 N–H and O–H groups in total. The first-order chi connectivity index (χ1) is 14.7. The van der Waals surface area contributed by atoms with Crippen LogP contribution in [0.5, 0.6) is 5.75 Å². The molecule has 3 heterocycles. The number of rotatable bonds is 5. The Hall–Kier alpha value is -1.26. The number of hydrogen-bond donors (Lipinski definition) is 1. The second kappa shape index (κ2) is 11.6. The van der Waals surface area contributed by atoms with Gasteiger partial charge in [0.2, 0.25) is 0 Å². The summed E-state index contributed by atoms with van der Waals surface area (Å²) in [6, 6.07) is 8.34. The van der Waals surface area contributed by atoms with Crippen LogP contribution in [0.4, 0.5) is 5.69 Å². The van der Waals surface area contributed by atoms with Crippen LogP contribution >= 0.6 is 24.0 Å². The number of guanidine groups is 1. The Morgan fingerprint density at radius 2 is 1.81 bits per heavy atom. The maximum absolute atomic E-state index is 5.69. The normalized spacial score (nSPS) is 22.2. The van der Waals surface area contributed by atoms with Crippen LogP contribution in [0.1, 0.15) is 25.7 Å². The molecule has 3 aliphatic heterocycles. The van der Waals surface area contributed by atoms with Crippen molar-refractivity contribution in [3.05, 3.63) is 24.3 Å². The fourth-order valence-corrected chi connectivity index (χ4v) is 5.11. The lowest BCUT2D eigenvalue weighted by atomic mass is 9.88. The predicted molar refractivity (Wildman–Crippen MR) is 137 cm³/mol. The van der Waals surface area contributed by atoms with E-state index in [2.05, 4.69) is 43.2 Å². The number of ether oxygens (including phenoxy) is 2. The van der Waals surface area contributed by atoms with Gasteiger partial charge in [-0.1, -0.05) is 6.07 Å². The molecule has 7 nitrogen and oxygen atoms in total. The quantitative estimate of drug-likeness (QED) is 0.350. The van der Waals surface area contributed by atoms with E-state index in [4.69, 9.17) is 9.47 Å². The van der Waals surface area contributed by atoms with E-state index in [0.29, 0.717) is 0 Å². The lowest BCUT2D eigenvalue weighted by Crippen LogP contribution is -2.60. The second-order valence-electron chi connectivity index (χ2n) is 8.61. The summed E-state index contributed by atoms with van der Waals surface area (Å²) in [7, 11) is 3.63. The van der Waals surface area contributed by atoms with Gasteiger partial charge >= 0.3 is 0 Å². The molecule has 0 aromatic heterocycles. The fraction of sp³-hybridized carbons (Fsp3) is 0.696. The maximum atomic E-state index is 5.69. The van der Waals surface area contributed by atoms with Crippen LogP contribution < -0.4 is 15.0 Å². The molecule has 0 atom stereocenters. The van der Waals surface area contributed by atoms with Gasteiger partial charge < -0.3 is 24.6 Å². The number of aliphatic imine (C=N–C) groups is 1. The smallest absolute Gasteiger partial charge is 0.193 e. The third kappa shape index (κ3) is 5.76. The largest absolute Gasteiger partial charge is 0.497 e. The number of methoxy groups -OCH3 is 1. The molecule has 31 heavy (non-hydrogen) atoms. The molecule has 0 bridgehead atoms. The third-order valence-corrected chi connectivity index (χ3v) is 6.99. The molecule has 3 aliphatic rings. The molecule has 0 aliphatic carbocycles. The van der Waals surface area contributed by atoms with E-state index in [1.807, 2.05) is 13.1 Å². The van der Waals surface area contributed by atoms with Gasteiger partial charge in [-0.25, -0.2) is 0 Å². The molecule has 1 aromatic carbocycles. The van der Waals surface area contributed by atoms with E-state index >= 15 is 0 Å². The van der Waals surface area contributed by atoms with Gasteiger partial charge in [-0.15, -0.1) is 24.0 Å². The lowest BCUT2D eigenvalue weighted by molar-refractivity contribution is -0.0166. The van der Waals surface area contributed by atoms with Crippen molar-refractivity contribution in [1.82, 2.24) is 15.1 Å². The summed E-state index contributed by atoms with van der Waals surface area (Å²) in [5, 5.41) is 3.74. The Morgan fingerprint density at radius 3 is 2.45 bits per heavy atom. The Morgan fingerprint density at radius 1 is 1.10 bits per heavy atom. The average Bonchev–Trinajstić information content (AvgIpc) is 3.36. The van der Waals surface area contributed by atoms with Crippen LogP contribution in [-0.4, -0.2) is 94.5 Å². The summed E-state index contributed by atoms with van der Waals surface area (Å²) in [6.45, 7) is 9.05. The zero-order valence-electron chi connectivity index (χ0n) is 19.0. The molecule has 0 radical (unpaired) electrons. The van der Waals surface area contributed by atoms with Gasteiger partial charge in [-0.2, -0.15) is 0 Å². The number of benzene rings is 1. The first kappa shape index (κ1) is 24.4. The zero-order valence-corrected chi connectivity index (χ0v) is 21.3. The van der Waals surface area contributed by atoms with Crippen molar-refractivity contribution in [1.29, 1.82) is 0 Å². The number of likely N-dealkylation sites (tertiary alicyclic amines) is 1. The van der Waals surface area contributed by atoms with E-state index in [0.717, 1.165) is 70.5 Å². The minimum absolute atomic E-state index is 0. The predicted octanol–water partition coefficient (Wildman–Crippen LogP) is 2.66. The Balaban J connectivity index is 0.00000272.